The van der Waals surface area contributed by atoms with Crippen LogP contribution >= 0.6 is 0 Å². The van der Waals surface area contributed by atoms with E-state index in [1.54, 1.807) is 21.7 Å². The van der Waals surface area contributed by atoms with Crippen LogP contribution in [0.2, 0.25) is 0 Å². The van der Waals surface area contributed by atoms with Gasteiger partial charge in [0.15, 0.2) is 5.84 Å². The van der Waals surface area contributed by atoms with E-state index in [0.29, 0.717) is 13.0 Å². The van der Waals surface area contributed by atoms with Crippen molar-refractivity contribution < 1.29 is 14.5 Å². The SMILES string of the molecule is Cc1cccc(N(C)C(C[N+](=O)[O-])=NC2CCCCN(CC(=O)N3CCCC3)C2=O)c1. The van der Waals surface area contributed by atoms with E-state index in [0.717, 1.165) is 50.0 Å². The second kappa shape index (κ2) is 10.4. The van der Waals surface area contributed by atoms with Crippen molar-refractivity contribution in [2.75, 3.05) is 44.7 Å². The first-order valence-corrected chi connectivity index (χ1v) is 10.9. The number of nitro groups is 1. The minimum absolute atomic E-state index is 0.0297. The Morgan fingerprint density at radius 3 is 2.61 bits per heavy atom. The normalized spacial score (nSPS) is 20.0. The van der Waals surface area contributed by atoms with Crippen LogP contribution in [-0.2, 0) is 9.59 Å². The molecule has 2 amide bonds. The second-order valence-electron chi connectivity index (χ2n) is 8.29. The molecule has 0 radical (unpaired) electrons. The summed E-state index contributed by atoms with van der Waals surface area (Å²) in [4.78, 5) is 46.3. The fraction of sp³-hybridized carbons (Fsp3) is 0.591. The predicted molar refractivity (Wildman–Crippen MR) is 119 cm³/mol. The molecule has 2 aliphatic heterocycles. The number of carbonyl (C=O) groups excluding carboxylic acids is 2. The van der Waals surface area contributed by atoms with Crippen molar-refractivity contribution in [3.8, 4) is 0 Å². The first kappa shape index (κ1) is 22.7. The van der Waals surface area contributed by atoms with E-state index in [1.807, 2.05) is 31.2 Å². The van der Waals surface area contributed by atoms with Crippen LogP contribution in [0.5, 0.6) is 0 Å². The molecule has 0 spiro atoms. The van der Waals surface area contributed by atoms with Crippen LogP contribution in [0.3, 0.4) is 0 Å². The maximum Gasteiger partial charge on any atom is 0.260 e. The molecule has 3 rings (SSSR count). The van der Waals surface area contributed by atoms with Gasteiger partial charge in [0, 0.05) is 37.3 Å². The maximum absolute atomic E-state index is 13.2. The Labute approximate surface area is 182 Å². The van der Waals surface area contributed by atoms with Crippen LogP contribution in [-0.4, -0.2) is 78.2 Å². The van der Waals surface area contributed by atoms with Crippen molar-refractivity contribution in [1.29, 1.82) is 0 Å². The van der Waals surface area contributed by atoms with Gasteiger partial charge in [-0.05, 0) is 56.7 Å². The average molecular weight is 430 g/mol. The number of amidine groups is 1. The zero-order valence-electron chi connectivity index (χ0n) is 18.3. The third-order valence-corrected chi connectivity index (χ3v) is 5.89. The first-order chi connectivity index (χ1) is 14.8. The fourth-order valence-electron chi connectivity index (χ4n) is 4.11. The molecule has 1 aromatic carbocycles. The van der Waals surface area contributed by atoms with Gasteiger partial charge in [0.1, 0.15) is 6.04 Å². The van der Waals surface area contributed by atoms with E-state index >= 15 is 0 Å². The number of rotatable bonds is 6. The van der Waals surface area contributed by atoms with Crippen LogP contribution in [0.4, 0.5) is 5.69 Å². The van der Waals surface area contributed by atoms with Crippen molar-refractivity contribution in [3.05, 3.63) is 39.9 Å². The summed E-state index contributed by atoms with van der Waals surface area (Å²) in [5.41, 5.74) is 1.81. The first-order valence-electron chi connectivity index (χ1n) is 10.9. The number of likely N-dealkylation sites (tertiary alicyclic amines) is 2. The van der Waals surface area contributed by atoms with E-state index in [2.05, 4.69) is 4.99 Å². The highest BCUT2D eigenvalue weighted by Gasteiger charge is 2.31. The minimum Gasteiger partial charge on any atom is -0.341 e. The predicted octanol–water partition coefficient (Wildman–Crippen LogP) is 2.11. The monoisotopic (exact) mass is 429 g/mol. The molecule has 31 heavy (non-hydrogen) atoms. The lowest BCUT2D eigenvalue weighted by atomic mass is 10.1. The largest absolute Gasteiger partial charge is 0.341 e. The summed E-state index contributed by atoms with van der Waals surface area (Å²) < 4.78 is 0. The van der Waals surface area contributed by atoms with Gasteiger partial charge in [-0.2, -0.15) is 0 Å². The number of hydrogen-bond donors (Lipinski definition) is 0. The Morgan fingerprint density at radius 2 is 1.94 bits per heavy atom. The molecule has 1 unspecified atom stereocenters. The third kappa shape index (κ3) is 6.02. The molecule has 2 heterocycles. The van der Waals surface area contributed by atoms with Crippen LogP contribution in [0.25, 0.3) is 0 Å². The number of hydrogen-bond acceptors (Lipinski definition) is 5. The van der Waals surface area contributed by atoms with Gasteiger partial charge < -0.3 is 14.7 Å². The van der Waals surface area contributed by atoms with Gasteiger partial charge in [-0.1, -0.05) is 12.1 Å². The maximum atomic E-state index is 13.2. The molecule has 0 bridgehead atoms. The molecule has 2 aliphatic rings. The number of carbonyl (C=O) groups is 2. The van der Waals surface area contributed by atoms with E-state index in [4.69, 9.17) is 0 Å². The molecule has 9 nitrogen and oxygen atoms in total. The van der Waals surface area contributed by atoms with Gasteiger partial charge >= 0.3 is 0 Å². The van der Waals surface area contributed by atoms with Gasteiger partial charge in [0.2, 0.25) is 11.8 Å². The molecule has 0 N–H and O–H groups in total. The fourth-order valence-corrected chi connectivity index (χ4v) is 4.11. The van der Waals surface area contributed by atoms with Crippen molar-refractivity contribution in [2.45, 2.75) is 45.1 Å². The van der Waals surface area contributed by atoms with E-state index in [-0.39, 0.29) is 24.2 Å². The van der Waals surface area contributed by atoms with Crippen LogP contribution in [0.15, 0.2) is 29.3 Å². The Hall–Kier alpha value is -2.97. The zero-order valence-corrected chi connectivity index (χ0v) is 18.3. The Bertz CT molecular complexity index is 850. The van der Waals surface area contributed by atoms with E-state index in [1.165, 1.54) is 0 Å². The smallest absolute Gasteiger partial charge is 0.260 e. The summed E-state index contributed by atoms with van der Waals surface area (Å²) in [6.45, 7) is 3.55. The summed E-state index contributed by atoms with van der Waals surface area (Å²) in [6.07, 6.45) is 4.11. The van der Waals surface area contributed by atoms with Crippen LogP contribution < -0.4 is 4.90 Å². The van der Waals surface area contributed by atoms with Gasteiger partial charge in [-0.25, -0.2) is 0 Å². The van der Waals surface area contributed by atoms with Crippen molar-refractivity contribution in [2.24, 2.45) is 4.99 Å². The number of aliphatic imine (C=N–C) groups is 1. The summed E-state index contributed by atoms with van der Waals surface area (Å²) in [5.74, 6) is -0.0110. The third-order valence-electron chi connectivity index (χ3n) is 5.89. The Kier molecular flexibility index (Phi) is 7.59. The van der Waals surface area contributed by atoms with Gasteiger partial charge in [-0.3, -0.25) is 24.7 Å². The molecule has 9 heteroatoms. The highest BCUT2D eigenvalue weighted by atomic mass is 16.6. The lowest BCUT2D eigenvalue weighted by molar-refractivity contribution is -0.463. The Balaban J connectivity index is 1.80. The topological polar surface area (TPSA) is 99.4 Å². The highest BCUT2D eigenvalue weighted by Crippen LogP contribution is 2.19. The van der Waals surface area contributed by atoms with Gasteiger partial charge in [0.05, 0.1) is 6.54 Å². The molecular weight excluding hydrogens is 398 g/mol. The molecule has 0 aliphatic carbocycles. The number of likely N-dealkylation sites (N-methyl/N-ethyl adjacent to an activating group) is 1. The molecule has 1 aromatic rings. The average Bonchev–Trinajstić information content (AvgIpc) is 3.22. The van der Waals surface area contributed by atoms with Crippen molar-refractivity contribution in [1.82, 2.24) is 9.80 Å². The zero-order chi connectivity index (χ0) is 22.4. The summed E-state index contributed by atoms with van der Waals surface area (Å²) in [6, 6.07) is 6.90. The van der Waals surface area contributed by atoms with Crippen LogP contribution in [0.1, 0.15) is 37.7 Å². The molecule has 168 valence electrons. The lowest BCUT2D eigenvalue weighted by Gasteiger charge is -2.26. The molecule has 0 aromatic heterocycles. The van der Waals surface area contributed by atoms with Crippen molar-refractivity contribution >= 4 is 23.3 Å². The summed E-state index contributed by atoms with van der Waals surface area (Å²) in [5, 5.41) is 11.3. The summed E-state index contributed by atoms with van der Waals surface area (Å²) in [7, 11) is 1.73. The molecule has 0 saturated carbocycles. The minimum atomic E-state index is -0.712. The van der Waals surface area contributed by atoms with Gasteiger partial charge in [-0.15, -0.1) is 0 Å². The Morgan fingerprint density at radius 1 is 1.23 bits per heavy atom. The molecule has 1 atom stereocenters. The molecule has 2 fully saturated rings. The van der Waals surface area contributed by atoms with E-state index in [9.17, 15) is 19.7 Å². The highest BCUT2D eigenvalue weighted by molar-refractivity contribution is 6.00. The second-order valence-corrected chi connectivity index (χ2v) is 8.29. The van der Waals surface area contributed by atoms with Gasteiger partial charge in [0.25, 0.3) is 6.54 Å². The number of benzene rings is 1. The standard InChI is InChI=1S/C22H31N5O4/c1-17-8-7-9-18(14-17)24(2)20(15-27(30)31)23-19-10-3-4-13-26(22(19)29)16-21(28)25-11-5-6-12-25/h7-9,14,19H,3-6,10-13,15-16H2,1-2H3. The number of aryl methyl sites for hydroxylation is 1. The quantitative estimate of drug-likeness (QED) is 0.298. The number of amides is 2. The number of anilines is 1. The lowest BCUT2D eigenvalue weighted by Crippen LogP contribution is -2.45. The van der Waals surface area contributed by atoms with Crippen LogP contribution in [0, 0.1) is 17.0 Å². The summed E-state index contributed by atoms with van der Waals surface area (Å²) >= 11 is 0. The van der Waals surface area contributed by atoms with Crippen molar-refractivity contribution in [3.63, 3.8) is 0 Å². The number of nitrogens with zero attached hydrogens (tertiary/aromatic N) is 5. The van der Waals surface area contributed by atoms with E-state index < -0.39 is 17.5 Å². The molecule has 2 saturated heterocycles. The molecular formula is C22H31N5O4.